The van der Waals surface area contributed by atoms with Crippen molar-refractivity contribution in [2.75, 3.05) is 33.0 Å². The molecule has 136 heavy (non-hydrogen) atoms. The molecule has 0 radical (unpaired) electrons. The summed E-state index contributed by atoms with van der Waals surface area (Å²) in [5, 5.41) is 255. The van der Waals surface area contributed by atoms with E-state index in [4.69, 9.17) is 85.3 Å². The zero-order chi connectivity index (χ0) is 99.5. The molecule has 13 rings (SSSR count). The number of esters is 3. The van der Waals surface area contributed by atoms with E-state index in [2.05, 4.69) is 19.9 Å². The molecule has 23 N–H and O–H groups in total. The first-order chi connectivity index (χ1) is 64.1. The normalized spacial score (nSPS) is 49.0. The van der Waals surface area contributed by atoms with Crippen LogP contribution in [-0.4, -0.2) is 439 Å². The van der Waals surface area contributed by atoms with Crippen molar-refractivity contribution in [1.82, 2.24) is 0 Å². The summed E-state index contributed by atoms with van der Waals surface area (Å²) in [6.07, 6.45) is -69.5. The minimum absolute atomic E-state index is 0.0333. The van der Waals surface area contributed by atoms with Crippen LogP contribution in [0.25, 0.3) is 0 Å². The van der Waals surface area contributed by atoms with Crippen molar-refractivity contribution in [3.05, 3.63) is 11.6 Å². The number of hydrogen-bond acceptors (Lipinski definition) is 45. The molecule has 780 valence electrons. The van der Waals surface area contributed by atoms with Crippen LogP contribution < -0.4 is 0 Å². The Labute approximate surface area is 785 Å². The van der Waals surface area contributed by atoms with Gasteiger partial charge in [-0.1, -0.05) is 92.7 Å². The summed E-state index contributed by atoms with van der Waals surface area (Å²) in [6.45, 7) is 14.5. The predicted octanol–water partition coefficient (Wildman–Crippen LogP) is -6.32. The molecule has 8 heterocycles. The average Bonchev–Trinajstić information content (AvgIpc) is 0.723. The van der Waals surface area contributed by atoms with E-state index in [1.54, 1.807) is 27.7 Å². The quantitative estimate of drug-likeness (QED) is 0.00937. The molecule has 0 unspecified atom stereocenters. The number of fused-ring (bicyclic) bond motifs is 7. The van der Waals surface area contributed by atoms with Crippen molar-refractivity contribution in [3.8, 4) is 0 Å². The lowest BCUT2D eigenvalue weighted by Gasteiger charge is -2.71. The van der Waals surface area contributed by atoms with Crippen molar-refractivity contribution in [3.63, 3.8) is 0 Å². The number of aliphatic hydroxyl groups is 22. The highest BCUT2D eigenvalue weighted by Crippen LogP contribution is 2.76. The van der Waals surface area contributed by atoms with Gasteiger partial charge in [-0.3, -0.25) is 14.4 Å². The fourth-order valence-electron chi connectivity index (χ4n) is 23.8. The fourth-order valence-corrected chi connectivity index (χ4v) is 23.8. The van der Waals surface area contributed by atoms with E-state index < -0.39 is 379 Å². The lowest BCUT2D eigenvalue weighted by molar-refractivity contribution is -0.391. The van der Waals surface area contributed by atoms with Crippen molar-refractivity contribution < 1.29 is 227 Å². The van der Waals surface area contributed by atoms with Gasteiger partial charge in [0, 0.05) is 12.8 Å². The van der Waals surface area contributed by atoms with E-state index in [1.807, 2.05) is 13.8 Å². The Bertz CT molecular complexity index is 3990. The molecular formula is C90H144O46. The van der Waals surface area contributed by atoms with Crippen LogP contribution >= 0.6 is 0 Å². The largest absolute Gasteiger partial charge is 0.479 e. The van der Waals surface area contributed by atoms with Crippen LogP contribution in [0.15, 0.2) is 11.6 Å². The van der Waals surface area contributed by atoms with Gasteiger partial charge < -0.3 is 208 Å². The van der Waals surface area contributed by atoms with Crippen molar-refractivity contribution in [1.29, 1.82) is 0 Å². The summed E-state index contributed by atoms with van der Waals surface area (Å²) in [6, 6.07) is 0. The maximum absolute atomic E-state index is 16.3. The number of carboxylic acids is 1. The number of aliphatic hydroxyl groups excluding tert-OH is 22. The molecule has 0 aromatic heterocycles. The van der Waals surface area contributed by atoms with Gasteiger partial charge in [-0.05, 0) is 111 Å². The smallest absolute Gasteiger partial charge is 0.335 e. The van der Waals surface area contributed by atoms with Crippen molar-refractivity contribution >= 4 is 30.2 Å². The Morgan fingerprint density at radius 3 is 1.60 bits per heavy atom. The van der Waals surface area contributed by atoms with Crippen LogP contribution in [0.2, 0.25) is 0 Å². The summed E-state index contributed by atoms with van der Waals surface area (Å²) in [5.41, 5.74) is -4.95. The van der Waals surface area contributed by atoms with Crippen molar-refractivity contribution in [2.45, 2.75) is 430 Å². The molecule has 8 aliphatic heterocycles. The van der Waals surface area contributed by atoms with Crippen LogP contribution in [0, 0.1) is 56.7 Å². The summed E-state index contributed by atoms with van der Waals surface area (Å²) in [4.78, 5) is 72.3. The molecule has 0 amide bonds. The third-order valence-corrected chi connectivity index (χ3v) is 32.5. The number of allylic oxidation sites excluding steroid dienone is 2. The highest BCUT2D eigenvalue weighted by atomic mass is 16.8. The lowest BCUT2D eigenvalue weighted by Crippen LogP contribution is -2.69. The maximum atomic E-state index is 16.3. The number of ether oxygens (including phenoxy) is 18. The Balaban J connectivity index is 0.750. The van der Waals surface area contributed by atoms with Crippen LogP contribution in [0.5, 0.6) is 0 Å². The Kier molecular flexibility index (Phi) is 35.6. The number of aliphatic carboxylic acids is 1. The SMILES string of the molecule is CC[C@H](C)[C@H](C[C@H](O)CC(=O)O[C@H]1[C@@H](O)[C@@H](C)O[C@@H](OC(=O)[C@]23CCCC[C@H]2C2=CC[C@@H]4[C@@]5(C)CC[C@H](O[C@@H]6O[C@H](C(=O)O)[C@@H](O)[C@H](O[C@@H]7OC[C@@H](O)[C@H](O)[C@H]7O)[C@H]6O[C@@H]6O[C@H](CO)[C@H](O)[C@H](O)[C@H]6O)[C@@](C)(C=O)[C@@H]5CC[C@@]4(C)[C@]2(C)C[C@H]3O)[C@@H]1O[C@@H]1O[C@@H](C)[C@H](O[C@@H]2OC[C@@H](O)[C@H](O[C@@H]3OC[C@@H](O)[C@H](O)[C@H]3O)[C@H]2O)[C@@H](O)[C@H]1O)OC(=O)C[C@@H](O)C[C@H](O[C@@H]1O[C@@H](CO)[C@H](O)[C@H]1O)[C@@H](C)CC. The second-order valence-corrected chi connectivity index (χ2v) is 40.8. The zero-order valence-electron chi connectivity index (χ0n) is 77.8. The van der Waals surface area contributed by atoms with Crippen LogP contribution in [0.4, 0.5) is 0 Å². The van der Waals surface area contributed by atoms with Gasteiger partial charge in [0.25, 0.3) is 0 Å². The van der Waals surface area contributed by atoms with E-state index in [-0.39, 0.29) is 37.5 Å². The molecule has 52 atom stereocenters. The highest BCUT2D eigenvalue weighted by Gasteiger charge is 2.73. The van der Waals surface area contributed by atoms with E-state index in [0.717, 1.165) is 11.9 Å². The summed E-state index contributed by atoms with van der Waals surface area (Å²) in [5.74, 6) is -7.34. The molecular weight excluding hydrogens is 1820 g/mol. The monoisotopic (exact) mass is 1960 g/mol. The summed E-state index contributed by atoms with van der Waals surface area (Å²) in [7, 11) is 0. The molecule has 8 saturated heterocycles. The highest BCUT2D eigenvalue weighted by molar-refractivity contribution is 5.80. The van der Waals surface area contributed by atoms with Crippen LogP contribution in [0.1, 0.15) is 172 Å². The third kappa shape index (κ3) is 21.2. The second kappa shape index (κ2) is 44.4. The zero-order valence-corrected chi connectivity index (χ0v) is 77.8. The molecule has 0 aromatic rings. The van der Waals surface area contributed by atoms with Crippen LogP contribution in [0.3, 0.4) is 0 Å². The van der Waals surface area contributed by atoms with E-state index in [1.165, 1.54) is 13.8 Å². The third-order valence-electron chi connectivity index (χ3n) is 32.5. The molecule has 0 aromatic carbocycles. The van der Waals surface area contributed by atoms with Gasteiger partial charge in [0.1, 0.15) is 158 Å². The van der Waals surface area contributed by atoms with Gasteiger partial charge in [-0.15, -0.1) is 0 Å². The van der Waals surface area contributed by atoms with E-state index >= 15 is 4.79 Å². The van der Waals surface area contributed by atoms with Crippen molar-refractivity contribution in [2.24, 2.45) is 56.7 Å². The molecule has 0 bridgehead atoms. The molecule has 5 aliphatic carbocycles. The average molecular weight is 1960 g/mol. The second-order valence-electron chi connectivity index (χ2n) is 40.8. The predicted molar refractivity (Wildman–Crippen MR) is 449 cm³/mol. The first kappa shape index (κ1) is 109. The van der Waals surface area contributed by atoms with E-state index in [0.29, 0.717) is 57.8 Å². The Morgan fingerprint density at radius 2 is 0.993 bits per heavy atom. The minimum atomic E-state index is -2.26. The lowest BCUT2D eigenvalue weighted by atomic mass is 9.33. The van der Waals surface area contributed by atoms with Gasteiger partial charge in [-0.25, -0.2) is 4.79 Å². The maximum Gasteiger partial charge on any atom is 0.335 e. The fraction of sp³-hybridized carbons (Fsp3) is 0.922. The number of rotatable bonds is 34. The number of hydrogen-bond donors (Lipinski definition) is 23. The number of carbonyl (C=O) groups is 5. The number of aldehydes is 1. The summed E-state index contributed by atoms with van der Waals surface area (Å²) >= 11 is 0. The van der Waals surface area contributed by atoms with Gasteiger partial charge in [-0.2, -0.15) is 0 Å². The standard InChI is InChI=1S/C90H144O46/c1-11-34(3)45(124-53(100)25-39(95)24-46(35(4)12-2)125-81-64(111)59(106)48(29-92)126-81)23-38(94)26-54(101)129-71-55(102)36(5)122-83(74(71)134-80-66(113)61(108)69(37(6)123-80)130-79-68(115)70(44(98)32-121-79)131-77-62(109)56(103)42(96)30-119-77)136-85(118)90-20-14-13-15-41(90)40-16-17-50-86(7)21-19-52(87(8,33-93)49(86)18-22-88(50,9)89(40,10)27-51(90)99)128-84-75(135-82-65(112)60(107)58(105)47(28-91)127-82)72(67(114)73(133-84)76(116)117)132-78-63(110)57(104)43(97)31-120-78/h16,33-39,41-52,55-75,77-84,91-92,94-99,102-115H,11-15,17-32H2,1-10H3,(H,116,117)/t34-,35-,36+,37-,38-,39-,41-,42+,43+,44+,45-,46-,47+,48-,49+,50+,51+,52-,55-,56-,57-,58-,59-,60-,61-,62+,63+,64+,65+,66+,67-,68+,69-,70-,71-,72-,73-,74+,75+,77-,78-,79-,80-,81+,82-,83-,84+,86-,87-,88+,89+,90+/m0/s1. The van der Waals surface area contributed by atoms with E-state index in [9.17, 15) is 137 Å². The molecule has 46 nitrogen and oxygen atoms in total. The summed E-state index contributed by atoms with van der Waals surface area (Å²) < 4.78 is 108. The topological polar surface area (TPSA) is 717 Å². The minimum Gasteiger partial charge on any atom is -0.479 e. The van der Waals surface area contributed by atoms with Gasteiger partial charge >= 0.3 is 23.9 Å². The number of carbonyl (C=O) groups excluding carboxylic acids is 4. The molecule has 12 fully saturated rings. The first-order valence-electron chi connectivity index (χ1n) is 47.6. The van der Waals surface area contributed by atoms with Gasteiger partial charge in [0.05, 0.1) is 94.0 Å². The molecule has 0 spiro atoms. The molecule has 46 heteroatoms. The first-order valence-corrected chi connectivity index (χ1v) is 47.6. The van der Waals surface area contributed by atoms with Gasteiger partial charge in [0.2, 0.25) is 6.29 Å². The molecule has 4 saturated carbocycles. The number of carboxylic acid groups (broad SMARTS) is 1. The van der Waals surface area contributed by atoms with Crippen LogP contribution in [-0.2, 0) is 109 Å². The van der Waals surface area contributed by atoms with Gasteiger partial charge in [0.15, 0.2) is 62.3 Å². The Hall–Kier alpha value is -4.19. The molecule has 13 aliphatic rings. The Morgan fingerprint density at radius 1 is 0.478 bits per heavy atom.